The van der Waals surface area contributed by atoms with E-state index < -0.39 is 79.9 Å². The monoisotopic (exact) mass is 751 g/mol. The van der Waals surface area contributed by atoms with Crippen molar-refractivity contribution in [3.8, 4) is 0 Å². The number of likely N-dealkylation sites (N-methyl/N-ethyl adjacent to an activating group) is 1. The van der Waals surface area contributed by atoms with Crippen LogP contribution in [0.25, 0.3) is 0 Å². The lowest BCUT2D eigenvalue weighted by atomic mass is 9.84. The van der Waals surface area contributed by atoms with Crippen LogP contribution >= 0.6 is 0 Å². The van der Waals surface area contributed by atoms with E-state index in [-0.39, 0.29) is 18.4 Å². The number of methoxy groups -OCH3 is 1. The zero-order valence-corrected chi connectivity index (χ0v) is 30.7. The van der Waals surface area contributed by atoms with Crippen molar-refractivity contribution in [1.29, 1.82) is 0 Å². The van der Waals surface area contributed by atoms with Gasteiger partial charge in [-0.15, -0.1) is 0 Å². The first kappa shape index (κ1) is 44.8. The van der Waals surface area contributed by atoms with Gasteiger partial charge in [0.15, 0.2) is 12.6 Å². The van der Waals surface area contributed by atoms with Gasteiger partial charge in [0, 0.05) is 32.7 Å². The average Bonchev–Trinajstić information content (AvgIpc) is 3.14. The van der Waals surface area contributed by atoms with Crippen molar-refractivity contribution in [3.05, 3.63) is 0 Å². The molecule has 0 saturated carbocycles. The van der Waals surface area contributed by atoms with Crippen molar-refractivity contribution >= 4 is 11.8 Å². The van der Waals surface area contributed by atoms with Crippen LogP contribution in [0.15, 0.2) is 0 Å². The Morgan fingerprint density at radius 2 is 1.56 bits per heavy atom. The Bertz CT molecular complexity index is 1000. The van der Waals surface area contributed by atoms with Crippen LogP contribution in [0.1, 0.15) is 57.8 Å². The van der Waals surface area contributed by atoms with Gasteiger partial charge in [-0.3, -0.25) is 9.59 Å². The number of nitrogens with one attached hydrogen (secondary N) is 4. The van der Waals surface area contributed by atoms with Crippen LogP contribution in [0.4, 0.5) is 0 Å². The average molecular weight is 752 g/mol. The molecular weight excluding hydrogens is 686 g/mol. The third kappa shape index (κ3) is 13.9. The van der Waals surface area contributed by atoms with Crippen molar-refractivity contribution in [2.75, 3.05) is 73.4 Å². The molecule has 18 heteroatoms. The number of unbranched alkanes of at least 4 members (excludes halogenated alkanes) is 2. The highest BCUT2D eigenvalue weighted by Crippen LogP contribution is 2.34. The second-order valence-electron chi connectivity index (χ2n) is 13.6. The van der Waals surface area contributed by atoms with E-state index in [1.807, 2.05) is 0 Å². The van der Waals surface area contributed by atoms with E-state index in [0.29, 0.717) is 90.9 Å². The van der Waals surface area contributed by atoms with Crippen LogP contribution in [0.3, 0.4) is 0 Å². The van der Waals surface area contributed by atoms with Crippen molar-refractivity contribution in [2.45, 2.75) is 125 Å². The number of carbonyl (C=O) groups excluding carboxylic acids is 2. The number of nitrogens with two attached hydrogens (primary N) is 1. The molecule has 304 valence electrons. The maximum atomic E-state index is 13.2. The van der Waals surface area contributed by atoms with Gasteiger partial charge in [-0.05, 0) is 65.1 Å². The van der Waals surface area contributed by atoms with Gasteiger partial charge in [0.25, 0.3) is 0 Å². The number of aliphatic hydroxyl groups excluding tert-OH is 5. The molecule has 12 atom stereocenters. The van der Waals surface area contributed by atoms with Crippen molar-refractivity contribution in [1.82, 2.24) is 21.3 Å². The summed E-state index contributed by atoms with van der Waals surface area (Å²) >= 11 is 0. The molecule has 6 heterocycles. The van der Waals surface area contributed by atoms with Gasteiger partial charge >= 0.3 is 0 Å². The fourth-order valence-electron chi connectivity index (χ4n) is 6.75. The minimum absolute atomic E-state index is 0.217. The SMILES string of the molecule is CNC(CCCCNCC1O[C@@H]2OC3C(CO)O[C@H](OCCCCC1[C@@H](O)[C@@H]2O)[C@@H](O)[C@@H]3O)C(=O)NC(CCCCN)C(=O)NCCOCCOC. The largest absolute Gasteiger partial charge is 0.394 e. The molecule has 6 unspecified atom stereocenters. The van der Waals surface area contributed by atoms with Gasteiger partial charge in [0.2, 0.25) is 11.8 Å². The summed E-state index contributed by atoms with van der Waals surface area (Å²) in [4.78, 5) is 26.1. The number of aliphatic hydroxyl groups is 5. The van der Waals surface area contributed by atoms with Gasteiger partial charge in [-0.1, -0.05) is 12.8 Å². The van der Waals surface area contributed by atoms with E-state index in [1.165, 1.54) is 0 Å². The van der Waals surface area contributed by atoms with Crippen molar-refractivity contribution in [2.24, 2.45) is 11.7 Å². The summed E-state index contributed by atoms with van der Waals surface area (Å²) in [5.41, 5.74) is 5.64. The normalized spacial score (nSPS) is 32.2. The number of hydrogen-bond donors (Lipinski definition) is 10. The van der Waals surface area contributed by atoms with Crippen LogP contribution in [-0.4, -0.2) is 178 Å². The molecule has 0 radical (unpaired) electrons. The molecule has 4 bridgehead atoms. The van der Waals surface area contributed by atoms with E-state index in [9.17, 15) is 35.1 Å². The van der Waals surface area contributed by atoms with Gasteiger partial charge < -0.3 is 81.0 Å². The van der Waals surface area contributed by atoms with Gasteiger partial charge in [-0.25, -0.2) is 0 Å². The number of carbonyl (C=O) groups is 2. The maximum absolute atomic E-state index is 13.2. The summed E-state index contributed by atoms with van der Waals surface area (Å²) < 4.78 is 33.7. The van der Waals surface area contributed by atoms with Crippen LogP contribution in [0, 0.1) is 5.92 Å². The summed E-state index contributed by atoms with van der Waals surface area (Å²) in [6.45, 7) is 2.63. The third-order valence-electron chi connectivity index (χ3n) is 9.84. The molecule has 6 saturated heterocycles. The Morgan fingerprint density at radius 3 is 2.29 bits per heavy atom. The quantitative estimate of drug-likeness (QED) is 0.0489. The Kier molecular flexibility index (Phi) is 21.3. The lowest BCUT2D eigenvalue weighted by Gasteiger charge is -2.47. The molecule has 52 heavy (non-hydrogen) atoms. The number of amides is 2. The summed E-state index contributed by atoms with van der Waals surface area (Å²) in [6.07, 6.45) is -5.36. The van der Waals surface area contributed by atoms with Crippen LogP contribution in [0.2, 0.25) is 0 Å². The zero-order valence-electron chi connectivity index (χ0n) is 30.7. The lowest BCUT2D eigenvalue weighted by molar-refractivity contribution is -0.356. The highest BCUT2D eigenvalue weighted by molar-refractivity contribution is 5.89. The first-order chi connectivity index (χ1) is 25.2. The molecule has 2 amide bonds. The Hall–Kier alpha value is -1.62. The molecule has 11 N–H and O–H groups in total. The third-order valence-corrected chi connectivity index (χ3v) is 9.84. The maximum Gasteiger partial charge on any atom is 0.242 e. The summed E-state index contributed by atoms with van der Waals surface area (Å²) in [5, 5.41) is 65.5. The predicted octanol–water partition coefficient (Wildman–Crippen LogP) is -3.19. The standard InChI is InChI=1S/C34H65N5O13/c1-36-22(32(46)39-23(11-3-6-12-35)31(45)38-14-16-48-18-17-47-2)10-4-7-13-37-19-24-21-9-5-8-15-49-33-29(44)27(42)30(25(20-40)51-33)52-34(50-24)28(43)26(21)41/h21-30,33-34,36-37,40-44H,3-20,35H2,1-2H3,(H,38,45)(H,39,46)/t21?,22?,23?,24?,25?,26-,27+,28+,29+,30?,33+,34-/m1/s1. The molecule has 6 aliphatic rings. The summed E-state index contributed by atoms with van der Waals surface area (Å²) in [5.74, 6) is -0.951. The topological polar surface area (TPSA) is 265 Å². The molecule has 0 aliphatic carbocycles. The smallest absolute Gasteiger partial charge is 0.242 e. The Balaban J connectivity index is 1.49. The molecule has 0 aromatic carbocycles. The summed E-state index contributed by atoms with van der Waals surface area (Å²) in [7, 11) is 3.29. The molecule has 0 spiro atoms. The molecule has 6 aliphatic heterocycles. The molecule has 6 fully saturated rings. The Labute approximate surface area is 306 Å². The van der Waals surface area contributed by atoms with Crippen molar-refractivity contribution in [3.63, 3.8) is 0 Å². The zero-order chi connectivity index (χ0) is 37.9. The van der Waals surface area contributed by atoms with E-state index in [2.05, 4.69) is 21.3 Å². The van der Waals surface area contributed by atoms with Crippen LogP contribution in [-0.2, 0) is 38.0 Å². The van der Waals surface area contributed by atoms with E-state index in [0.717, 1.165) is 12.8 Å². The highest BCUT2D eigenvalue weighted by Gasteiger charge is 2.51. The lowest BCUT2D eigenvalue weighted by Crippen LogP contribution is -2.64. The van der Waals surface area contributed by atoms with Crippen molar-refractivity contribution < 1.29 is 63.5 Å². The molecule has 0 aromatic heterocycles. The fourth-order valence-corrected chi connectivity index (χ4v) is 6.75. The number of rotatable bonds is 22. The van der Waals surface area contributed by atoms with Gasteiger partial charge in [0.1, 0.15) is 36.6 Å². The fraction of sp³-hybridized carbons (Fsp3) is 0.941. The van der Waals surface area contributed by atoms with Gasteiger partial charge in [-0.2, -0.15) is 0 Å². The molecule has 0 aromatic rings. The van der Waals surface area contributed by atoms with Crippen LogP contribution < -0.4 is 27.0 Å². The Morgan fingerprint density at radius 1 is 0.827 bits per heavy atom. The molecule has 18 nitrogen and oxygen atoms in total. The second-order valence-corrected chi connectivity index (χ2v) is 13.6. The van der Waals surface area contributed by atoms with E-state index in [4.69, 9.17) is 34.2 Å². The minimum atomic E-state index is -1.50. The number of hydrogen-bond acceptors (Lipinski definition) is 16. The van der Waals surface area contributed by atoms with E-state index in [1.54, 1.807) is 14.2 Å². The highest BCUT2D eigenvalue weighted by atomic mass is 16.7. The van der Waals surface area contributed by atoms with E-state index >= 15 is 0 Å². The minimum Gasteiger partial charge on any atom is -0.394 e. The first-order valence-corrected chi connectivity index (χ1v) is 18.8. The van der Waals surface area contributed by atoms with Gasteiger partial charge in [0.05, 0.1) is 44.7 Å². The summed E-state index contributed by atoms with van der Waals surface area (Å²) in [6, 6.07) is -1.20. The molecule has 6 rings (SSSR count). The first-order valence-electron chi connectivity index (χ1n) is 18.8. The predicted molar refractivity (Wildman–Crippen MR) is 187 cm³/mol. The second kappa shape index (κ2) is 24.7. The number of ether oxygens (including phenoxy) is 6. The molecular formula is C34H65N5O13. The van der Waals surface area contributed by atoms with Crippen LogP contribution in [0.5, 0.6) is 0 Å².